The molecule has 0 amide bonds. The van der Waals surface area contributed by atoms with Crippen LogP contribution in [0, 0.1) is 6.92 Å². The van der Waals surface area contributed by atoms with E-state index in [4.69, 9.17) is 0 Å². The van der Waals surface area contributed by atoms with Crippen LogP contribution in [0.25, 0.3) is 0 Å². The Balaban J connectivity index is 1.77. The molecule has 19 heavy (non-hydrogen) atoms. The number of likely N-dealkylation sites (tertiary alicyclic amines) is 1. The van der Waals surface area contributed by atoms with Crippen LogP contribution in [0.2, 0.25) is 0 Å². The highest BCUT2D eigenvalue weighted by Crippen LogP contribution is 2.18. The molecule has 0 bridgehead atoms. The zero-order valence-corrected chi connectivity index (χ0v) is 13.4. The van der Waals surface area contributed by atoms with Gasteiger partial charge in [0.25, 0.3) is 0 Å². The maximum atomic E-state index is 3.84. The van der Waals surface area contributed by atoms with Crippen LogP contribution in [0.1, 0.15) is 42.9 Å². The highest BCUT2D eigenvalue weighted by Gasteiger charge is 2.17. The van der Waals surface area contributed by atoms with Gasteiger partial charge in [0.2, 0.25) is 0 Å². The summed E-state index contributed by atoms with van der Waals surface area (Å²) in [6.07, 6.45) is 5.16. The number of nitrogens with zero attached hydrogens (tertiary/aromatic N) is 1. The largest absolute Gasteiger partial charge is 0.311 e. The van der Waals surface area contributed by atoms with Gasteiger partial charge in [-0.2, -0.15) is 0 Å². The summed E-state index contributed by atoms with van der Waals surface area (Å²) >= 11 is 1.94. The van der Waals surface area contributed by atoms with Gasteiger partial charge in [-0.05, 0) is 71.3 Å². The van der Waals surface area contributed by atoms with Crippen molar-refractivity contribution in [3.8, 4) is 0 Å². The average Bonchev–Trinajstić information content (AvgIpc) is 2.64. The molecule has 1 aromatic heterocycles. The van der Waals surface area contributed by atoms with Gasteiger partial charge in [-0.25, -0.2) is 0 Å². The lowest BCUT2D eigenvalue weighted by Crippen LogP contribution is -2.38. The molecule has 2 heterocycles. The Morgan fingerprint density at radius 1 is 1.37 bits per heavy atom. The minimum absolute atomic E-state index is 0.594. The van der Waals surface area contributed by atoms with Crippen molar-refractivity contribution < 1.29 is 0 Å². The molecule has 1 aliphatic rings. The summed E-state index contributed by atoms with van der Waals surface area (Å²) in [6, 6.07) is 5.82. The second kappa shape index (κ2) is 7.41. The Morgan fingerprint density at radius 3 is 2.89 bits per heavy atom. The summed E-state index contributed by atoms with van der Waals surface area (Å²) in [5, 5.41) is 3.84. The van der Waals surface area contributed by atoms with Gasteiger partial charge in [0.15, 0.2) is 0 Å². The summed E-state index contributed by atoms with van der Waals surface area (Å²) in [4.78, 5) is 5.52. The van der Waals surface area contributed by atoms with Gasteiger partial charge in [0, 0.05) is 21.8 Å². The fourth-order valence-corrected chi connectivity index (χ4v) is 4.02. The molecular weight excluding hydrogens is 252 g/mol. The van der Waals surface area contributed by atoms with Crippen molar-refractivity contribution in [2.75, 3.05) is 19.6 Å². The summed E-state index contributed by atoms with van der Waals surface area (Å²) in [5.74, 6) is 0. The molecule has 1 aromatic rings. The van der Waals surface area contributed by atoms with E-state index in [-0.39, 0.29) is 0 Å². The van der Waals surface area contributed by atoms with E-state index in [1.165, 1.54) is 55.1 Å². The summed E-state index contributed by atoms with van der Waals surface area (Å²) < 4.78 is 0. The third kappa shape index (κ3) is 4.90. The fraction of sp³-hybridized carbons (Fsp3) is 0.750. The molecule has 0 spiro atoms. The van der Waals surface area contributed by atoms with Crippen molar-refractivity contribution >= 4 is 11.3 Å². The fourth-order valence-electron chi connectivity index (χ4n) is 3.00. The Kier molecular flexibility index (Phi) is 5.86. The van der Waals surface area contributed by atoms with E-state index in [0.29, 0.717) is 12.1 Å². The van der Waals surface area contributed by atoms with E-state index in [9.17, 15) is 0 Å². The first-order valence-corrected chi connectivity index (χ1v) is 8.52. The third-order valence-electron chi connectivity index (χ3n) is 4.09. The summed E-state index contributed by atoms with van der Waals surface area (Å²) in [6.45, 7) is 10.5. The maximum absolute atomic E-state index is 3.84. The predicted molar refractivity (Wildman–Crippen MR) is 85.1 cm³/mol. The summed E-state index contributed by atoms with van der Waals surface area (Å²) in [7, 11) is 0. The molecule has 0 radical (unpaired) electrons. The zero-order chi connectivity index (χ0) is 13.7. The molecule has 2 rings (SSSR count). The standard InChI is InChI=1S/C16H28N2S/c1-4-18-10-5-6-15(9-11-18)17-13(2)12-16-8-7-14(3)19-16/h7-8,13,15,17H,4-6,9-12H2,1-3H3. The van der Waals surface area contributed by atoms with Crippen LogP contribution in [-0.2, 0) is 6.42 Å². The number of nitrogens with one attached hydrogen (secondary N) is 1. The minimum atomic E-state index is 0.594. The minimum Gasteiger partial charge on any atom is -0.311 e. The van der Waals surface area contributed by atoms with Crippen LogP contribution in [0.3, 0.4) is 0 Å². The lowest BCUT2D eigenvalue weighted by atomic mass is 10.1. The van der Waals surface area contributed by atoms with E-state index >= 15 is 0 Å². The Bertz CT molecular complexity index is 375. The second-order valence-corrected chi connectivity index (χ2v) is 7.22. The molecule has 1 aliphatic heterocycles. The molecule has 1 N–H and O–H groups in total. The molecule has 1 saturated heterocycles. The van der Waals surface area contributed by atoms with Crippen LogP contribution in [0.15, 0.2) is 12.1 Å². The Labute approximate surface area is 122 Å². The normalized spacial score (nSPS) is 23.2. The number of thiophene rings is 1. The van der Waals surface area contributed by atoms with Gasteiger partial charge in [0.1, 0.15) is 0 Å². The van der Waals surface area contributed by atoms with Gasteiger partial charge in [0.05, 0.1) is 0 Å². The zero-order valence-electron chi connectivity index (χ0n) is 12.6. The molecule has 0 aliphatic carbocycles. The first-order valence-electron chi connectivity index (χ1n) is 7.71. The van der Waals surface area contributed by atoms with Crippen molar-refractivity contribution in [2.45, 2.75) is 58.5 Å². The monoisotopic (exact) mass is 280 g/mol. The van der Waals surface area contributed by atoms with E-state index in [1.54, 1.807) is 0 Å². The molecule has 108 valence electrons. The molecule has 2 unspecified atom stereocenters. The number of rotatable bonds is 5. The maximum Gasteiger partial charge on any atom is 0.00896 e. The lowest BCUT2D eigenvalue weighted by Gasteiger charge is -2.22. The van der Waals surface area contributed by atoms with Crippen LogP contribution < -0.4 is 5.32 Å². The molecule has 2 nitrogen and oxygen atoms in total. The van der Waals surface area contributed by atoms with Gasteiger partial charge in [-0.1, -0.05) is 6.92 Å². The quantitative estimate of drug-likeness (QED) is 0.888. The van der Waals surface area contributed by atoms with Crippen LogP contribution in [0.4, 0.5) is 0 Å². The first kappa shape index (κ1) is 15.0. The average molecular weight is 280 g/mol. The highest BCUT2D eigenvalue weighted by atomic mass is 32.1. The molecular formula is C16H28N2S. The Morgan fingerprint density at radius 2 is 2.21 bits per heavy atom. The number of hydrogen-bond acceptors (Lipinski definition) is 3. The van der Waals surface area contributed by atoms with Gasteiger partial charge in [-0.3, -0.25) is 0 Å². The van der Waals surface area contributed by atoms with Crippen molar-refractivity contribution in [3.05, 3.63) is 21.9 Å². The lowest BCUT2D eigenvalue weighted by molar-refractivity contribution is 0.295. The first-order chi connectivity index (χ1) is 9.17. The smallest absolute Gasteiger partial charge is 0.00896 e. The van der Waals surface area contributed by atoms with E-state index in [1.807, 2.05) is 11.3 Å². The van der Waals surface area contributed by atoms with Crippen molar-refractivity contribution in [1.29, 1.82) is 0 Å². The van der Waals surface area contributed by atoms with Crippen LogP contribution in [0.5, 0.6) is 0 Å². The molecule has 3 heteroatoms. The van der Waals surface area contributed by atoms with Crippen LogP contribution >= 0.6 is 11.3 Å². The second-order valence-electron chi connectivity index (χ2n) is 5.85. The molecule has 0 aromatic carbocycles. The van der Waals surface area contributed by atoms with Crippen molar-refractivity contribution in [2.24, 2.45) is 0 Å². The SMILES string of the molecule is CCN1CCCC(NC(C)Cc2ccc(C)s2)CC1. The van der Waals surface area contributed by atoms with E-state index < -0.39 is 0 Å². The third-order valence-corrected chi connectivity index (χ3v) is 5.11. The Hall–Kier alpha value is -0.380. The predicted octanol–water partition coefficient (Wildman–Crippen LogP) is 3.45. The molecule has 2 atom stereocenters. The van der Waals surface area contributed by atoms with E-state index in [0.717, 1.165) is 0 Å². The number of hydrogen-bond donors (Lipinski definition) is 1. The van der Waals surface area contributed by atoms with Gasteiger partial charge < -0.3 is 10.2 Å². The van der Waals surface area contributed by atoms with Crippen LogP contribution in [-0.4, -0.2) is 36.6 Å². The van der Waals surface area contributed by atoms with Gasteiger partial charge >= 0.3 is 0 Å². The number of aryl methyl sites for hydroxylation is 1. The topological polar surface area (TPSA) is 15.3 Å². The summed E-state index contributed by atoms with van der Waals surface area (Å²) in [5.41, 5.74) is 0. The van der Waals surface area contributed by atoms with Crippen molar-refractivity contribution in [3.63, 3.8) is 0 Å². The van der Waals surface area contributed by atoms with Gasteiger partial charge in [-0.15, -0.1) is 11.3 Å². The highest BCUT2D eigenvalue weighted by molar-refractivity contribution is 7.11. The van der Waals surface area contributed by atoms with E-state index in [2.05, 4.69) is 43.1 Å². The van der Waals surface area contributed by atoms with Crippen molar-refractivity contribution in [1.82, 2.24) is 10.2 Å². The molecule has 0 saturated carbocycles. The molecule has 1 fully saturated rings.